The van der Waals surface area contributed by atoms with Crippen LogP contribution in [-0.2, 0) is 19.6 Å². The molecule has 0 unspecified atom stereocenters. The Morgan fingerprint density at radius 3 is 2.45 bits per heavy atom. The van der Waals surface area contributed by atoms with E-state index in [1.807, 2.05) is 13.8 Å². The second-order valence-electron chi connectivity index (χ2n) is 6.22. The summed E-state index contributed by atoms with van der Waals surface area (Å²) in [4.78, 5) is 12.0. The van der Waals surface area contributed by atoms with Gasteiger partial charge >= 0.3 is 0 Å². The molecule has 1 rings (SSSR count). The summed E-state index contributed by atoms with van der Waals surface area (Å²) < 4.78 is 30.7. The van der Waals surface area contributed by atoms with Gasteiger partial charge in [-0.25, -0.2) is 8.42 Å². The number of ether oxygens (including phenoxy) is 1. The zero-order valence-electron chi connectivity index (χ0n) is 14.0. The van der Waals surface area contributed by atoms with Crippen molar-refractivity contribution in [3.63, 3.8) is 0 Å². The highest BCUT2D eigenvalue weighted by Crippen LogP contribution is 2.24. The zero-order valence-corrected chi connectivity index (χ0v) is 14.8. The molecule has 0 aromatic rings. The van der Waals surface area contributed by atoms with Crippen LogP contribution in [0.4, 0.5) is 0 Å². The second-order valence-corrected chi connectivity index (χ2v) is 8.16. The van der Waals surface area contributed by atoms with Gasteiger partial charge in [0.05, 0.1) is 18.9 Å². The summed E-state index contributed by atoms with van der Waals surface area (Å²) in [5.41, 5.74) is 0. The van der Waals surface area contributed by atoms with Gasteiger partial charge in [0.15, 0.2) is 0 Å². The van der Waals surface area contributed by atoms with Crippen LogP contribution in [0.15, 0.2) is 0 Å². The first-order valence-electron chi connectivity index (χ1n) is 8.16. The van der Waals surface area contributed by atoms with Crippen molar-refractivity contribution in [3.8, 4) is 0 Å². The van der Waals surface area contributed by atoms with Crippen LogP contribution < -0.4 is 5.32 Å². The third kappa shape index (κ3) is 7.56. The Morgan fingerprint density at radius 1 is 1.27 bits per heavy atom. The van der Waals surface area contributed by atoms with Gasteiger partial charge < -0.3 is 10.1 Å². The predicted molar refractivity (Wildman–Crippen MR) is 87.1 cm³/mol. The third-order valence-corrected chi connectivity index (χ3v) is 5.08. The molecule has 1 N–H and O–H groups in total. The van der Waals surface area contributed by atoms with Crippen LogP contribution in [-0.4, -0.2) is 56.7 Å². The van der Waals surface area contributed by atoms with Crippen LogP contribution in [0.25, 0.3) is 0 Å². The van der Waals surface area contributed by atoms with Crippen LogP contribution in [0.3, 0.4) is 0 Å². The van der Waals surface area contributed by atoms with Crippen molar-refractivity contribution in [3.05, 3.63) is 0 Å². The maximum atomic E-state index is 12.0. The minimum absolute atomic E-state index is 0.0289. The minimum Gasteiger partial charge on any atom is -0.379 e. The molecular formula is C15H30N2O4S. The molecule has 1 saturated carbocycles. The number of carbonyl (C=O) groups excluding carboxylic acids is 1. The average Bonchev–Trinajstić information content (AvgIpc) is 2.44. The van der Waals surface area contributed by atoms with Gasteiger partial charge in [0.2, 0.25) is 15.9 Å². The molecule has 0 radical (unpaired) electrons. The number of hydrogen-bond donors (Lipinski definition) is 1. The van der Waals surface area contributed by atoms with Gasteiger partial charge in [0.25, 0.3) is 0 Å². The van der Waals surface area contributed by atoms with Crippen molar-refractivity contribution in [2.75, 3.05) is 26.0 Å². The Kier molecular flexibility index (Phi) is 8.35. The molecule has 0 aromatic heterocycles. The van der Waals surface area contributed by atoms with E-state index in [0.717, 1.165) is 38.5 Å². The lowest BCUT2D eigenvalue weighted by molar-refractivity contribution is -0.121. The highest BCUT2D eigenvalue weighted by atomic mass is 32.2. The maximum absolute atomic E-state index is 12.0. The van der Waals surface area contributed by atoms with E-state index < -0.39 is 10.0 Å². The average molecular weight is 334 g/mol. The van der Waals surface area contributed by atoms with Crippen LogP contribution >= 0.6 is 0 Å². The molecule has 0 spiro atoms. The fourth-order valence-electron chi connectivity index (χ4n) is 2.70. The molecule has 0 saturated heterocycles. The lowest BCUT2D eigenvalue weighted by Gasteiger charge is -2.31. The number of carbonyl (C=O) groups is 1. The van der Waals surface area contributed by atoms with E-state index >= 15 is 0 Å². The standard InChI is InChI=1S/C15H30N2O4S/c1-13(2)21-11-7-10-16-15(18)12-17(22(3,19)20)14-8-5-4-6-9-14/h13-14H,4-12H2,1-3H3,(H,16,18). The van der Waals surface area contributed by atoms with E-state index in [0.29, 0.717) is 13.2 Å². The molecule has 0 aromatic carbocycles. The van der Waals surface area contributed by atoms with Crippen molar-refractivity contribution in [1.29, 1.82) is 0 Å². The van der Waals surface area contributed by atoms with Gasteiger partial charge in [0, 0.05) is 19.2 Å². The monoisotopic (exact) mass is 334 g/mol. The van der Waals surface area contributed by atoms with Crippen molar-refractivity contribution in [2.24, 2.45) is 0 Å². The third-order valence-electron chi connectivity index (χ3n) is 3.80. The van der Waals surface area contributed by atoms with E-state index in [2.05, 4.69) is 5.32 Å². The van der Waals surface area contributed by atoms with E-state index in [1.165, 1.54) is 10.6 Å². The van der Waals surface area contributed by atoms with Crippen molar-refractivity contribution in [2.45, 2.75) is 64.5 Å². The van der Waals surface area contributed by atoms with E-state index in [9.17, 15) is 13.2 Å². The quantitative estimate of drug-likeness (QED) is 0.649. The topological polar surface area (TPSA) is 75.7 Å². The number of hydrogen-bond acceptors (Lipinski definition) is 4. The molecule has 22 heavy (non-hydrogen) atoms. The van der Waals surface area contributed by atoms with Crippen LogP contribution in [0.2, 0.25) is 0 Å². The van der Waals surface area contributed by atoms with Gasteiger partial charge in [-0.15, -0.1) is 0 Å². The Labute approximate surface area is 134 Å². The Balaban J connectivity index is 2.40. The predicted octanol–water partition coefficient (Wildman–Crippen LogP) is 1.51. The van der Waals surface area contributed by atoms with Crippen molar-refractivity contribution in [1.82, 2.24) is 9.62 Å². The number of rotatable bonds is 9. The number of amides is 1. The highest BCUT2D eigenvalue weighted by molar-refractivity contribution is 7.88. The molecule has 1 amide bonds. The van der Waals surface area contributed by atoms with Crippen LogP contribution in [0.5, 0.6) is 0 Å². The smallest absolute Gasteiger partial charge is 0.235 e. The fourth-order valence-corrected chi connectivity index (χ4v) is 3.81. The Hall–Kier alpha value is -0.660. The van der Waals surface area contributed by atoms with Crippen molar-refractivity contribution < 1.29 is 17.9 Å². The van der Waals surface area contributed by atoms with Gasteiger partial charge in [-0.1, -0.05) is 19.3 Å². The normalized spacial score (nSPS) is 17.1. The van der Waals surface area contributed by atoms with E-state index in [4.69, 9.17) is 4.74 Å². The summed E-state index contributed by atoms with van der Waals surface area (Å²) in [6.07, 6.45) is 7.01. The zero-order chi connectivity index (χ0) is 16.6. The Morgan fingerprint density at radius 2 is 1.91 bits per heavy atom. The molecule has 130 valence electrons. The molecular weight excluding hydrogens is 304 g/mol. The van der Waals surface area contributed by atoms with Crippen LogP contribution in [0.1, 0.15) is 52.4 Å². The summed E-state index contributed by atoms with van der Waals surface area (Å²) in [5, 5.41) is 2.77. The molecule has 7 heteroatoms. The first-order valence-corrected chi connectivity index (χ1v) is 10.0. The lowest BCUT2D eigenvalue weighted by Crippen LogP contribution is -2.46. The summed E-state index contributed by atoms with van der Waals surface area (Å²) >= 11 is 0. The number of nitrogens with zero attached hydrogens (tertiary/aromatic N) is 1. The maximum Gasteiger partial charge on any atom is 0.235 e. The lowest BCUT2D eigenvalue weighted by atomic mass is 9.95. The van der Waals surface area contributed by atoms with E-state index in [1.54, 1.807) is 0 Å². The fraction of sp³-hybridized carbons (Fsp3) is 0.933. The summed E-state index contributed by atoms with van der Waals surface area (Å²) in [6, 6.07) is -0.0289. The van der Waals surface area contributed by atoms with Gasteiger partial charge in [-0.3, -0.25) is 4.79 Å². The largest absolute Gasteiger partial charge is 0.379 e. The molecule has 1 fully saturated rings. The summed E-state index contributed by atoms with van der Waals surface area (Å²) in [7, 11) is -3.36. The van der Waals surface area contributed by atoms with Crippen LogP contribution in [0, 0.1) is 0 Å². The van der Waals surface area contributed by atoms with Gasteiger partial charge in [0.1, 0.15) is 0 Å². The first-order chi connectivity index (χ1) is 10.3. The SMILES string of the molecule is CC(C)OCCCNC(=O)CN(C1CCCCC1)S(C)(=O)=O. The molecule has 0 atom stereocenters. The first kappa shape index (κ1) is 19.4. The molecule has 0 heterocycles. The number of sulfonamides is 1. The van der Waals surface area contributed by atoms with Crippen molar-refractivity contribution >= 4 is 15.9 Å². The molecule has 1 aliphatic rings. The molecule has 1 aliphatic carbocycles. The highest BCUT2D eigenvalue weighted by Gasteiger charge is 2.29. The summed E-state index contributed by atoms with van der Waals surface area (Å²) in [6.45, 7) is 4.96. The molecule has 0 bridgehead atoms. The summed E-state index contributed by atoms with van der Waals surface area (Å²) in [5.74, 6) is -0.236. The second kappa shape index (κ2) is 9.47. The Bertz CT molecular complexity index is 431. The van der Waals surface area contributed by atoms with Gasteiger partial charge in [-0.05, 0) is 33.1 Å². The minimum atomic E-state index is -3.36. The number of nitrogens with one attached hydrogen (secondary N) is 1. The van der Waals surface area contributed by atoms with Gasteiger partial charge in [-0.2, -0.15) is 4.31 Å². The molecule has 6 nitrogen and oxygen atoms in total. The van der Waals surface area contributed by atoms with E-state index in [-0.39, 0.29) is 24.6 Å². The molecule has 0 aliphatic heterocycles.